The summed E-state index contributed by atoms with van der Waals surface area (Å²) in [5.74, 6) is 0.0190. The Morgan fingerprint density at radius 3 is 2.67 bits per heavy atom. The first-order valence-corrected chi connectivity index (χ1v) is 7.02. The first-order valence-electron chi connectivity index (χ1n) is 7.02. The molecule has 0 saturated heterocycles. The zero-order valence-corrected chi connectivity index (χ0v) is 12.7. The van der Waals surface area contributed by atoms with Gasteiger partial charge in [0.1, 0.15) is 12.7 Å². The van der Waals surface area contributed by atoms with Crippen LogP contribution >= 0.6 is 0 Å². The minimum absolute atomic E-state index is 0.0190. The van der Waals surface area contributed by atoms with E-state index in [-0.39, 0.29) is 17.4 Å². The van der Waals surface area contributed by atoms with Crippen LogP contribution in [0.25, 0.3) is 0 Å². The maximum atomic E-state index is 12.1. The Kier molecular flexibility index (Phi) is 4.72. The van der Waals surface area contributed by atoms with Crippen LogP contribution in [0.3, 0.4) is 0 Å². The number of aryl methyl sites for hydroxylation is 1. The number of aromatic nitrogens is 5. The number of nitrogens with zero attached hydrogens (tertiary/aromatic N) is 5. The second-order valence-electron chi connectivity index (χ2n) is 6.15. The molecule has 0 aliphatic carbocycles. The van der Waals surface area contributed by atoms with E-state index in [9.17, 15) is 4.79 Å². The summed E-state index contributed by atoms with van der Waals surface area (Å²) in [5, 5.41) is 7.10. The van der Waals surface area contributed by atoms with Gasteiger partial charge >= 0.3 is 0 Å². The highest BCUT2D eigenvalue weighted by atomic mass is 16.1. The van der Waals surface area contributed by atoms with Gasteiger partial charge < -0.3 is 9.88 Å². The fraction of sp³-hybridized carbons (Fsp3) is 0.571. The van der Waals surface area contributed by atoms with Gasteiger partial charge in [-0.05, 0) is 5.41 Å². The summed E-state index contributed by atoms with van der Waals surface area (Å²) in [6.45, 7) is 7.59. The third-order valence-corrected chi connectivity index (χ3v) is 3.37. The Balaban J connectivity index is 1.90. The highest BCUT2D eigenvalue weighted by Gasteiger charge is 2.26. The first-order chi connectivity index (χ1) is 9.95. The molecule has 2 aromatic rings. The molecule has 2 rings (SSSR count). The Morgan fingerprint density at radius 2 is 2.10 bits per heavy atom. The molecule has 2 aromatic heterocycles. The molecular weight excluding hydrogens is 268 g/mol. The molecule has 7 heteroatoms. The van der Waals surface area contributed by atoms with E-state index in [2.05, 4.69) is 41.2 Å². The maximum absolute atomic E-state index is 12.1. The van der Waals surface area contributed by atoms with Gasteiger partial charge in [0.15, 0.2) is 0 Å². The number of amides is 1. The summed E-state index contributed by atoms with van der Waals surface area (Å²) in [7, 11) is 0. The van der Waals surface area contributed by atoms with Crippen LogP contribution in [0.4, 0.5) is 0 Å². The standard InChI is InChI=1S/C14H22N6O/c1-14(2,3)12(8-19-7-5-15-10-19)18-13(21)4-6-20-11-16-9-17-20/h5,7,9-12H,4,6,8H2,1-3H3,(H,18,21)/t12-/m1/s1. The second-order valence-corrected chi connectivity index (χ2v) is 6.15. The topological polar surface area (TPSA) is 77.6 Å². The van der Waals surface area contributed by atoms with Crippen LogP contribution in [0.5, 0.6) is 0 Å². The largest absolute Gasteiger partial charge is 0.351 e. The van der Waals surface area contributed by atoms with Crippen LogP contribution in [0.2, 0.25) is 0 Å². The predicted molar refractivity (Wildman–Crippen MR) is 78.3 cm³/mol. The van der Waals surface area contributed by atoms with E-state index >= 15 is 0 Å². The lowest BCUT2D eigenvalue weighted by molar-refractivity contribution is -0.123. The Labute approximate surface area is 124 Å². The van der Waals surface area contributed by atoms with Crippen molar-refractivity contribution in [3.63, 3.8) is 0 Å². The molecule has 0 bridgehead atoms. The van der Waals surface area contributed by atoms with E-state index in [1.54, 1.807) is 23.5 Å². The zero-order chi connectivity index (χ0) is 15.3. The molecule has 1 atom stereocenters. The maximum Gasteiger partial charge on any atom is 0.222 e. The molecule has 0 aliphatic rings. The smallest absolute Gasteiger partial charge is 0.222 e. The van der Waals surface area contributed by atoms with Crippen molar-refractivity contribution in [3.8, 4) is 0 Å². The SMILES string of the molecule is CC(C)(C)[C@@H](Cn1ccnc1)NC(=O)CCn1cncn1. The van der Waals surface area contributed by atoms with Gasteiger partial charge in [-0.25, -0.2) is 9.97 Å². The van der Waals surface area contributed by atoms with Gasteiger partial charge in [0.2, 0.25) is 5.91 Å². The van der Waals surface area contributed by atoms with Crippen molar-refractivity contribution in [2.45, 2.75) is 46.3 Å². The normalized spacial score (nSPS) is 13.1. The Hall–Kier alpha value is -2.18. The van der Waals surface area contributed by atoms with Gasteiger partial charge in [-0.1, -0.05) is 20.8 Å². The summed E-state index contributed by atoms with van der Waals surface area (Å²) < 4.78 is 3.63. The van der Waals surface area contributed by atoms with Crippen LogP contribution in [-0.4, -0.2) is 36.3 Å². The zero-order valence-electron chi connectivity index (χ0n) is 12.7. The molecule has 0 unspecified atom stereocenters. The van der Waals surface area contributed by atoms with Gasteiger partial charge in [-0.3, -0.25) is 9.48 Å². The van der Waals surface area contributed by atoms with Crippen molar-refractivity contribution >= 4 is 5.91 Å². The van der Waals surface area contributed by atoms with Crippen LogP contribution in [0, 0.1) is 5.41 Å². The molecule has 2 heterocycles. The molecule has 0 radical (unpaired) electrons. The van der Waals surface area contributed by atoms with Crippen LogP contribution in [-0.2, 0) is 17.9 Å². The monoisotopic (exact) mass is 290 g/mol. The van der Waals surface area contributed by atoms with Crippen molar-refractivity contribution in [1.82, 2.24) is 29.6 Å². The number of carbonyl (C=O) groups is 1. The van der Waals surface area contributed by atoms with Crippen molar-refractivity contribution in [1.29, 1.82) is 0 Å². The number of rotatable bonds is 6. The average Bonchev–Trinajstić information content (AvgIpc) is 3.07. The third-order valence-electron chi connectivity index (χ3n) is 3.37. The van der Waals surface area contributed by atoms with Crippen molar-refractivity contribution < 1.29 is 4.79 Å². The van der Waals surface area contributed by atoms with E-state index in [1.807, 2.05) is 10.8 Å². The van der Waals surface area contributed by atoms with E-state index in [1.165, 1.54) is 6.33 Å². The molecule has 0 spiro atoms. The fourth-order valence-corrected chi connectivity index (χ4v) is 1.97. The van der Waals surface area contributed by atoms with E-state index in [0.717, 1.165) is 0 Å². The lowest BCUT2D eigenvalue weighted by atomic mass is 9.86. The summed E-state index contributed by atoms with van der Waals surface area (Å²) in [4.78, 5) is 20.0. The summed E-state index contributed by atoms with van der Waals surface area (Å²) >= 11 is 0. The molecule has 0 aliphatic heterocycles. The average molecular weight is 290 g/mol. The van der Waals surface area contributed by atoms with Crippen LogP contribution < -0.4 is 5.32 Å². The van der Waals surface area contributed by atoms with Crippen LogP contribution in [0.1, 0.15) is 27.2 Å². The van der Waals surface area contributed by atoms with Crippen LogP contribution in [0.15, 0.2) is 31.4 Å². The van der Waals surface area contributed by atoms with Gasteiger partial charge in [0, 0.05) is 25.4 Å². The Morgan fingerprint density at radius 1 is 1.29 bits per heavy atom. The van der Waals surface area contributed by atoms with E-state index in [0.29, 0.717) is 19.5 Å². The molecule has 21 heavy (non-hydrogen) atoms. The van der Waals surface area contributed by atoms with Crippen molar-refractivity contribution in [2.24, 2.45) is 5.41 Å². The van der Waals surface area contributed by atoms with Gasteiger partial charge in [0.25, 0.3) is 0 Å². The number of hydrogen-bond acceptors (Lipinski definition) is 4. The Bertz CT molecular complexity index is 541. The predicted octanol–water partition coefficient (Wildman–Crippen LogP) is 1.10. The van der Waals surface area contributed by atoms with Crippen molar-refractivity contribution in [3.05, 3.63) is 31.4 Å². The minimum Gasteiger partial charge on any atom is -0.351 e. The number of nitrogens with one attached hydrogen (secondary N) is 1. The van der Waals surface area contributed by atoms with E-state index in [4.69, 9.17) is 0 Å². The molecule has 0 fully saturated rings. The quantitative estimate of drug-likeness (QED) is 0.864. The molecule has 1 amide bonds. The molecular formula is C14H22N6O. The molecule has 0 saturated carbocycles. The minimum atomic E-state index is -0.0345. The lowest BCUT2D eigenvalue weighted by Gasteiger charge is -2.31. The fourth-order valence-electron chi connectivity index (χ4n) is 1.97. The lowest BCUT2D eigenvalue weighted by Crippen LogP contribution is -2.46. The molecule has 1 N–H and O–H groups in total. The van der Waals surface area contributed by atoms with Crippen molar-refractivity contribution in [2.75, 3.05) is 0 Å². The highest BCUT2D eigenvalue weighted by Crippen LogP contribution is 2.20. The highest BCUT2D eigenvalue weighted by molar-refractivity contribution is 5.76. The molecule has 0 aromatic carbocycles. The third kappa shape index (κ3) is 4.70. The van der Waals surface area contributed by atoms with E-state index < -0.39 is 0 Å². The van der Waals surface area contributed by atoms with Gasteiger partial charge in [-0.2, -0.15) is 5.10 Å². The second kappa shape index (κ2) is 6.51. The summed E-state index contributed by atoms with van der Waals surface area (Å²) in [6, 6.07) is 0.0370. The number of imidazole rings is 1. The number of hydrogen-bond donors (Lipinski definition) is 1. The summed E-state index contributed by atoms with van der Waals surface area (Å²) in [5.41, 5.74) is -0.0345. The summed E-state index contributed by atoms with van der Waals surface area (Å²) in [6.07, 6.45) is 8.88. The van der Waals surface area contributed by atoms with Gasteiger partial charge in [0.05, 0.1) is 18.9 Å². The van der Waals surface area contributed by atoms with Gasteiger partial charge in [-0.15, -0.1) is 0 Å². The molecule has 114 valence electrons. The first kappa shape index (κ1) is 15.2. The molecule has 7 nitrogen and oxygen atoms in total. The number of carbonyl (C=O) groups excluding carboxylic acids is 1.